The number of hydrogen-bond donors (Lipinski definition) is 1. The first-order valence-corrected chi connectivity index (χ1v) is 5.13. The Balaban J connectivity index is 2.72. The molecule has 4 nitrogen and oxygen atoms in total. The Labute approximate surface area is 85.5 Å². The minimum atomic E-state index is 0.129. The molecular weight excluding hydrogens is 176 g/mol. The normalized spacial score (nSPS) is 13.6. The van der Waals surface area contributed by atoms with Crippen LogP contribution in [-0.4, -0.2) is 20.8 Å². The van der Waals surface area contributed by atoms with Gasteiger partial charge in [0.15, 0.2) is 5.82 Å². The van der Waals surface area contributed by atoms with Crippen LogP contribution >= 0.6 is 0 Å². The van der Waals surface area contributed by atoms with Gasteiger partial charge in [0.1, 0.15) is 5.82 Å². The van der Waals surface area contributed by atoms with E-state index in [0.29, 0.717) is 5.92 Å². The van der Waals surface area contributed by atoms with Gasteiger partial charge in [-0.2, -0.15) is 5.10 Å². The molecule has 1 aromatic heterocycles. The Morgan fingerprint density at radius 1 is 1.29 bits per heavy atom. The third-order valence-electron chi connectivity index (χ3n) is 1.99. The highest BCUT2D eigenvalue weighted by Crippen LogP contribution is 2.06. The van der Waals surface area contributed by atoms with Crippen molar-refractivity contribution in [3.8, 4) is 0 Å². The van der Waals surface area contributed by atoms with Gasteiger partial charge in [-0.05, 0) is 12.8 Å². The maximum absolute atomic E-state index is 5.70. The van der Waals surface area contributed by atoms with Gasteiger partial charge < -0.3 is 5.73 Å². The van der Waals surface area contributed by atoms with Crippen LogP contribution in [0.5, 0.6) is 0 Å². The molecule has 80 valence electrons. The van der Waals surface area contributed by atoms with E-state index in [1.807, 2.05) is 18.7 Å². The van der Waals surface area contributed by atoms with E-state index in [0.717, 1.165) is 24.5 Å². The number of aromatic nitrogens is 3. The highest BCUT2D eigenvalue weighted by atomic mass is 15.3. The van der Waals surface area contributed by atoms with Crippen LogP contribution in [0.15, 0.2) is 0 Å². The van der Waals surface area contributed by atoms with Crippen molar-refractivity contribution >= 4 is 0 Å². The summed E-state index contributed by atoms with van der Waals surface area (Å²) in [6.07, 6.45) is 1.73. The third kappa shape index (κ3) is 3.10. The van der Waals surface area contributed by atoms with Crippen LogP contribution in [0, 0.1) is 5.92 Å². The molecule has 1 aromatic rings. The minimum absolute atomic E-state index is 0.129. The molecule has 0 bridgehead atoms. The number of aryl methyl sites for hydroxylation is 1. The summed E-state index contributed by atoms with van der Waals surface area (Å²) in [5.41, 5.74) is 5.70. The summed E-state index contributed by atoms with van der Waals surface area (Å²) in [5, 5.41) is 4.33. The Kier molecular flexibility index (Phi) is 3.63. The average molecular weight is 196 g/mol. The Morgan fingerprint density at radius 3 is 2.43 bits per heavy atom. The fourth-order valence-corrected chi connectivity index (χ4v) is 1.39. The first-order chi connectivity index (χ1) is 6.49. The van der Waals surface area contributed by atoms with Crippen molar-refractivity contribution in [1.29, 1.82) is 0 Å². The summed E-state index contributed by atoms with van der Waals surface area (Å²) in [7, 11) is 1.94. The van der Waals surface area contributed by atoms with E-state index >= 15 is 0 Å². The van der Waals surface area contributed by atoms with Gasteiger partial charge in [-0.3, -0.25) is 4.68 Å². The lowest BCUT2D eigenvalue weighted by molar-refractivity contribution is 0.584. The van der Waals surface area contributed by atoms with Gasteiger partial charge >= 0.3 is 0 Å². The van der Waals surface area contributed by atoms with Crippen molar-refractivity contribution in [3.63, 3.8) is 0 Å². The second kappa shape index (κ2) is 4.55. The maximum Gasteiger partial charge on any atom is 0.152 e. The largest absolute Gasteiger partial charge is 0.328 e. The van der Waals surface area contributed by atoms with Gasteiger partial charge in [-0.1, -0.05) is 13.8 Å². The van der Waals surface area contributed by atoms with E-state index in [1.54, 1.807) is 0 Å². The monoisotopic (exact) mass is 196 g/mol. The van der Waals surface area contributed by atoms with Crippen molar-refractivity contribution in [3.05, 3.63) is 11.6 Å². The van der Waals surface area contributed by atoms with E-state index < -0.39 is 0 Å². The van der Waals surface area contributed by atoms with Gasteiger partial charge in [0.2, 0.25) is 0 Å². The predicted molar refractivity (Wildman–Crippen MR) is 56.9 cm³/mol. The summed E-state index contributed by atoms with van der Waals surface area (Å²) < 4.78 is 1.86. The van der Waals surface area contributed by atoms with Crippen LogP contribution in [0.4, 0.5) is 0 Å². The maximum atomic E-state index is 5.70. The van der Waals surface area contributed by atoms with Crippen molar-refractivity contribution in [2.45, 2.75) is 39.7 Å². The van der Waals surface area contributed by atoms with E-state index in [4.69, 9.17) is 5.73 Å². The van der Waals surface area contributed by atoms with E-state index in [-0.39, 0.29) is 6.04 Å². The summed E-state index contributed by atoms with van der Waals surface area (Å²) >= 11 is 0. The molecule has 1 unspecified atom stereocenters. The molecule has 0 aliphatic heterocycles. The molecule has 0 spiro atoms. The van der Waals surface area contributed by atoms with Gasteiger partial charge in [-0.25, -0.2) is 4.98 Å². The predicted octanol–water partition coefficient (Wildman–Crippen LogP) is 0.903. The molecule has 1 heterocycles. The fraction of sp³-hybridized carbons (Fsp3) is 0.800. The third-order valence-corrected chi connectivity index (χ3v) is 1.99. The van der Waals surface area contributed by atoms with Gasteiger partial charge in [0, 0.05) is 25.9 Å². The number of nitrogens with zero attached hydrogens (tertiary/aromatic N) is 3. The molecule has 0 saturated carbocycles. The van der Waals surface area contributed by atoms with E-state index in [2.05, 4.69) is 23.9 Å². The van der Waals surface area contributed by atoms with Crippen LogP contribution in [-0.2, 0) is 19.9 Å². The number of rotatable bonds is 4. The molecule has 0 aromatic carbocycles. The zero-order valence-corrected chi connectivity index (χ0v) is 9.49. The van der Waals surface area contributed by atoms with Crippen molar-refractivity contribution < 1.29 is 0 Å². The van der Waals surface area contributed by atoms with Crippen molar-refractivity contribution in [1.82, 2.24) is 14.8 Å². The molecule has 14 heavy (non-hydrogen) atoms. The second-order valence-electron chi connectivity index (χ2n) is 4.35. The molecule has 0 radical (unpaired) electrons. The highest BCUT2D eigenvalue weighted by molar-refractivity contribution is 4.95. The van der Waals surface area contributed by atoms with Crippen molar-refractivity contribution in [2.24, 2.45) is 18.7 Å². The van der Waals surface area contributed by atoms with E-state index in [9.17, 15) is 0 Å². The molecule has 4 heteroatoms. The van der Waals surface area contributed by atoms with Crippen molar-refractivity contribution in [2.75, 3.05) is 0 Å². The fourth-order valence-electron chi connectivity index (χ4n) is 1.39. The smallest absolute Gasteiger partial charge is 0.152 e. The molecule has 0 amide bonds. The summed E-state index contributed by atoms with van der Waals surface area (Å²) in [6, 6.07) is 0.129. The lowest BCUT2D eigenvalue weighted by Crippen LogP contribution is -2.18. The Morgan fingerprint density at radius 2 is 1.93 bits per heavy atom. The SMILES string of the molecule is CC(C)Cc1nc(CC(C)N)nn1C. The topological polar surface area (TPSA) is 56.7 Å². The number of hydrogen-bond acceptors (Lipinski definition) is 3. The Bertz CT molecular complexity index is 288. The lowest BCUT2D eigenvalue weighted by Gasteiger charge is -2.01. The van der Waals surface area contributed by atoms with Crippen LogP contribution in [0.2, 0.25) is 0 Å². The van der Waals surface area contributed by atoms with Crippen LogP contribution in [0.25, 0.3) is 0 Å². The Hall–Kier alpha value is -0.900. The zero-order chi connectivity index (χ0) is 10.7. The number of nitrogens with two attached hydrogens (primary N) is 1. The second-order valence-corrected chi connectivity index (χ2v) is 4.35. The summed E-state index contributed by atoms with van der Waals surface area (Å²) in [5.74, 6) is 2.52. The molecule has 0 fully saturated rings. The molecule has 1 atom stereocenters. The lowest BCUT2D eigenvalue weighted by atomic mass is 10.1. The highest BCUT2D eigenvalue weighted by Gasteiger charge is 2.09. The van der Waals surface area contributed by atoms with Crippen LogP contribution in [0.3, 0.4) is 0 Å². The quantitative estimate of drug-likeness (QED) is 0.778. The van der Waals surface area contributed by atoms with E-state index in [1.165, 1.54) is 0 Å². The van der Waals surface area contributed by atoms with Gasteiger partial charge in [0.05, 0.1) is 0 Å². The van der Waals surface area contributed by atoms with Gasteiger partial charge in [0.25, 0.3) is 0 Å². The molecule has 1 rings (SSSR count). The van der Waals surface area contributed by atoms with Crippen LogP contribution in [0.1, 0.15) is 32.4 Å². The van der Waals surface area contributed by atoms with Gasteiger partial charge in [-0.15, -0.1) is 0 Å². The first kappa shape index (κ1) is 11.2. The zero-order valence-electron chi connectivity index (χ0n) is 9.49. The first-order valence-electron chi connectivity index (χ1n) is 5.13. The molecule has 0 aliphatic rings. The standard InChI is InChI=1S/C10H20N4/c1-7(2)5-10-12-9(6-8(3)11)13-14(10)4/h7-8H,5-6,11H2,1-4H3. The molecule has 0 saturated heterocycles. The average Bonchev–Trinajstić information content (AvgIpc) is 2.28. The molecule has 0 aliphatic carbocycles. The van der Waals surface area contributed by atoms with Crippen LogP contribution < -0.4 is 5.73 Å². The minimum Gasteiger partial charge on any atom is -0.328 e. The summed E-state index contributed by atoms with van der Waals surface area (Å²) in [6.45, 7) is 6.33. The molecule has 2 N–H and O–H groups in total. The molecular formula is C10H20N4. The summed E-state index contributed by atoms with van der Waals surface area (Å²) in [4.78, 5) is 4.46.